The van der Waals surface area contributed by atoms with Gasteiger partial charge in [-0.05, 0) is 31.6 Å². The lowest BCUT2D eigenvalue weighted by Crippen LogP contribution is -2.00. The second kappa shape index (κ2) is 6.54. The van der Waals surface area contributed by atoms with Crippen molar-refractivity contribution in [3.8, 4) is 0 Å². The molecular formula is C13H19N3OS2. The fourth-order valence-electron chi connectivity index (χ4n) is 1.86. The van der Waals surface area contributed by atoms with Crippen LogP contribution in [0.4, 0.5) is 5.82 Å². The second-order valence-electron chi connectivity index (χ2n) is 4.39. The van der Waals surface area contributed by atoms with Crippen molar-refractivity contribution < 1.29 is 4.74 Å². The summed E-state index contributed by atoms with van der Waals surface area (Å²) in [6, 6.07) is 0. The summed E-state index contributed by atoms with van der Waals surface area (Å²) in [5.41, 5.74) is 7.25. The van der Waals surface area contributed by atoms with Crippen molar-refractivity contribution in [3.05, 3.63) is 16.3 Å². The van der Waals surface area contributed by atoms with Crippen LogP contribution in [0.1, 0.15) is 22.7 Å². The highest BCUT2D eigenvalue weighted by Crippen LogP contribution is 2.32. The van der Waals surface area contributed by atoms with Crippen molar-refractivity contribution in [2.24, 2.45) is 0 Å². The molecule has 19 heavy (non-hydrogen) atoms. The van der Waals surface area contributed by atoms with E-state index in [0.717, 1.165) is 40.6 Å². The summed E-state index contributed by atoms with van der Waals surface area (Å²) in [6.45, 7) is 4.98. The monoisotopic (exact) mass is 297 g/mol. The molecule has 0 aromatic carbocycles. The van der Waals surface area contributed by atoms with E-state index in [9.17, 15) is 0 Å². The molecule has 0 amide bonds. The van der Waals surface area contributed by atoms with Crippen LogP contribution in [0.15, 0.2) is 0 Å². The quantitative estimate of drug-likeness (QED) is 0.830. The minimum atomic E-state index is 0.611. The number of nitrogens with zero attached hydrogens (tertiary/aromatic N) is 2. The predicted octanol–water partition coefficient (Wildman–Crippen LogP) is 3.16. The molecule has 4 nitrogen and oxygen atoms in total. The zero-order valence-corrected chi connectivity index (χ0v) is 13.2. The van der Waals surface area contributed by atoms with Crippen molar-refractivity contribution in [3.63, 3.8) is 0 Å². The Balaban J connectivity index is 2.08. The smallest absolute Gasteiger partial charge is 0.142 e. The maximum Gasteiger partial charge on any atom is 0.142 e. The molecule has 0 saturated carbocycles. The molecule has 0 saturated heterocycles. The van der Waals surface area contributed by atoms with Gasteiger partial charge >= 0.3 is 0 Å². The molecule has 0 atom stereocenters. The first-order valence-corrected chi connectivity index (χ1v) is 8.19. The fraction of sp³-hybridized carbons (Fsp3) is 0.538. The van der Waals surface area contributed by atoms with Crippen molar-refractivity contribution in [2.75, 3.05) is 25.2 Å². The SMILES string of the molecule is COCCCSCc1nc(N)c2c(C)c(C)sc2n1. The van der Waals surface area contributed by atoms with Gasteiger partial charge in [-0.1, -0.05) is 0 Å². The van der Waals surface area contributed by atoms with Gasteiger partial charge in [0.05, 0.1) is 11.1 Å². The van der Waals surface area contributed by atoms with E-state index < -0.39 is 0 Å². The highest BCUT2D eigenvalue weighted by molar-refractivity contribution is 7.98. The number of thiophene rings is 1. The van der Waals surface area contributed by atoms with Crippen LogP contribution in [0.25, 0.3) is 10.2 Å². The van der Waals surface area contributed by atoms with Gasteiger partial charge in [0.15, 0.2) is 0 Å². The molecule has 0 aliphatic heterocycles. The topological polar surface area (TPSA) is 61.0 Å². The number of aryl methyl sites for hydroxylation is 2. The van der Waals surface area contributed by atoms with E-state index in [4.69, 9.17) is 10.5 Å². The lowest BCUT2D eigenvalue weighted by molar-refractivity contribution is 0.200. The zero-order valence-electron chi connectivity index (χ0n) is 11.5. The Bertz CT molecular complexity index is 569. The molecule has 2 N–H and O–H groups in total. The third-order valence-electron chi connectivity index (χ3n) is 2.97. The number of ether oxygens (including phenoxy) is 1. The van der Waals surface area contributed by atoms with Gasteiger partial charge in [0.2, 0.25) is 0 Å². The summed E-state index contributed by atoms with van der Waals surface area (Å²) in [6.07, 6.45) is 1.05. The summed E-state index contributed by atoms with van der Waals surface area (Å²) in [5, 5.41) is 1.02. The molecule has 2 aromatic rings. The van der Waals surface area contributed by atoms with Gasteiger partial charge in [-0.3, -0.25) is 0 Å². The molecule has 2 rings (SSSR count). The Hall–Kier alpha value is -0.850. The van der Waals surface area contributed by atoms with E-state index >= 15 is 0 Å². The lowest BCUT2D eigenvalue weighted by Gasteiger charge is -2.03. The minimum absolute atomic E-state index is 0.611. The highest BCUT2D eigenvalue weighted by atomic mass is 32.2. The molecule has 2 aromatic heterocycles. The number of hydrogen-bond acceptors (Lipinski definition) is 6. The first kappa shape index (κ1) is 14.6. The van der Waals surface area contributed by atoms with Gasteiger partial charge in [-0.25, -0.2) is 9.97 Å². The summed E-state index contributed by atoms with van der Waals surface area (Å²) in [7, 11) is 1.73. The Labute approximate surface area is 121 Å². The van der Waals surface area contributed by atoms with Crippen molar-refractivity contribution >= 4 is 39.1 Å². The predicted molar refractivity (Wildman–Crippen MR) is 84.0 cm³/mol. The van der Waals surface area contributed by atoms with Crippen LogP contribution in [0.5, 0.6) is 0 Å². The van der Waals surface area contributed by atoms with E-state index in [0.29, 0.717) is 5.82 Å². The fourth-order valence-corrected chi connectivity index (χ4v) is 3.69. The second-order valence-corrected chi connectivity index (χ2v) is 6.70. The molecule has 2 heterocycles. The number of fused-ring (bicyclic) bond motifs is 1. The number of nitrogens with two attached hydrogens (primary N) is 1. The average molecular weight is 297 g/mol. The van der Waals surface area contributed by atoms with E-state index in [1.165, 1.54) is 10.4 Å². The third-order valence-corrected chi connectivity index (χ3v) is 5.11. The molecular weight excluding hydrogens is 278 g/mol. The number of methoxy groups -OCH3 is 1. The Morgan fingerprint density at radius 3 is 2.84 bits per heavy atom. The molecule has 0 aliphatic carbocycles. The summed E-state index contributed by atoms with van der Waals surface area (Å²) in [4.78, 5) is 11.3. The van der Waals surface area contributed by atoms with Gasteiger partial charge < -0.3 is 10.5 Å². The first-order chi connectivity index (χ1) is 9.13. The van der Waals surface area contributed by atoms with Crippen LogP contribution in [-0.4, -0.2) is 29.4 Å². The van der Waals surface area contributed by atoms with Gasteiger partial charge in [-0.2, -0.15) is 11.8 Å². The lowest BCUT2D eigenvalue weighted by atomic mass is 10.2. The molecule has 6 heteroatoms. The first-order valence-electron chi connectivity index (χ1n) is 6.22. The summed E-state index contributed by atoms with van der Waals surface area (Å²) < 4.78 is 5.02. The molecule has 104 valence electrons. The number of aromatic nitrogens is 2. The van der Waals surface area contributed by atoms with E-state index in [1.54, 1.807) is 18.4 Å². The van der Waals surface area contributed by atoms with Gasteiger partial charge in [0, 0.05) is 18.6 Å². The number of thioether (sulfide) groups is 1. The number of hydrogen-bond donors (Lipinski definition) is 1. The van der Waals surface area contributed by atoms with Crippen LogP contribution < -0.4 is 5.73 Å². The third kappa shape index (κ3) is 3.38. The van der Waals surface area contributed by atoms with Crippen LogP contribution in [0.2, 0.25) is 0 Å². The largest absolute Gasteiger partial charge is 0.385 e. The summed E-state index contributed by atoms with van der Waals surface area (Å²) >= 11 is 3.51. The van der Waals surface area contributed by atoms with Crippen LogP contribution >= 0.6 is 23.1 Å². The summed E-state index contributed by atoms with van der Waals surface area (Å²) in [5.74, 6) is 3.30. The minimum Gasteiger partial charge on any atom is -0.385 e. The standard InChI is InChI=1S/C13H19N3OS2/c1-8-9(2)19-13-11(8)12(14)15-10(16-13)7-18-6-4-5-17-3/h4-7H2,1-3H3,(H2,14,15,16). The van der Waals surface area contributed by atoms with Gasteiger partial charge in [0.25, 0.3) is 0 Å². The number of anilines is 1. The van der Waals surface area contributed by atoms with Gasteiger partial charge in [0.1, 0.15) is 16.5 Å². The maximum absolute atomic E-state index is 6.05. The Kier molecular flexibility index (Phi) is 5.01. The molecule has 0 unspecified atom stereocenters. The highest BCUT2D eigenvalue weighted by Gasteiger charge is 2.12. The van der Waals surface area contributed by atoms with E-state index in [2.05, 4.69) is 23.8 Å². The molecule has 0 aliphatic rings. The zero-order chi connectivity index (χ0) is 13.8. The number of rotatable bonds is 6. The van der Waals surface area contributed by atoms with Crippen molar-refractivity contribution in [1.29, 1.82) is 0 Å². The van der Waals surface area contributed by atoms with Crippen LogP contribution in [-0.2, 0) is 10.5 Å². The normalized spacial score (nSPS) is 11.3. The molecule has 0 radical (unpaired) electrons. The molecule has 0 bridgehead atoms. The maximum atomic E-state index is 6.05. The Morgan fingerprint density at radius 2 is 2.11 bits per heavy atom. The van der Waals surface area contributed by atoms with Gasteiger partial charge in [-0.15, -0.1) is 11.3 Å². The average Bonchev–Trinajstić information content (AvgIpc) is 2.65. The van der Waals surface area contributed by atoms with Crippen molar-refractivity contribution in [1.82, 2.24) is 9.97 Å². The number of nitrogen functional groups attached to an aromatic ring is 1. The molecule has 0 spiro atoms. The van der Waals surface area contributed by atoms with Crippen LogP contribution in [0, 0.1) is 13.8 Å². The molecule has 0 fully saturated rings. The Morgan fingerprint density at radius 1 is 1.32 bits per heavy atom. The van der Waals surface area contributed by atoms with Crippen LogP contribution in [0.3, 0.4) is 0 Å². The van der Waals surface area contributed by atoms with E-state index in [-0.39, 0.29) is 0 Å². The van der Waals surface area contributed by atoms with Crippen molar-refractivity contribution in [2.45, 2.75) is 26.0 Å². The van der Waals surface area contributed by atoms with E-state index in [1.807, 2.05) is 11.8 Å².